The first-order chi connectivity index (χ1) is 8.69. The van der Waals surface area contributed by atoms with Crippen molar-refractivity contribution in [3.63, 3.8) is 0 Å². The van der Waals surface area contributed by atoms with Gasteiger partial charge in [0.2, 0.25) is 5.91 Å². The maximum absolute atomic E-state index is 12.5. The van der Waals surface area contributed by atoms with E-state index in [1.165, 1.54) is 0 Å². The molecular weight excluding hydrogens is 234 g/mol. The van der Waals surface area contributed by atoms with Gasteiger partial charge >= 0.3 is 0 Å². The van der Waals surface area contributed by atoms with Crippen LogP contribution in [0.4, 0.5) is 0 Å². The number of nitrogens with two attached hydrogens (primary N) is 1. The lowest BCUT2D eigenvalue weighted by atomic mass is 9.97. The monoisotopic (exact) mass is 255 g/mol. The molecular formula is C12H21N3O3. The minimum absolute atomic E-state index is 0.0195. The molecule has 1 amide bonds. The van der Waals surface area contributed by atoms with Crippen LogP contribution in [0, 0.1) is 5.92 Å². The molecule has 2 rings (SSSR count). The Morgan fingerprint density at radius 1 is 1.56 bits per heavy atom. The second-order valence-electron chi connectivity index (χ2n) is 4.93. The number of carbonyl (C=O) groups excluding carboxylic acids is 1. The summed E-state index contributed by atoms with van der Waals surface area (Å²) < 4.78 is 5.56. The van der Waals surface area contributed by atoms with Gasteiger partial charge in [-0.3, -0.25) is 4.79 Å². The highest BCUT2D eigenvalue weighted by Gasteiger charge is 2.40. The highest BCUT2D eigenvalue weighted by Crippen LogP contribution is 2.28. The van der Waals surface area contributed by atoms with E-state index < -0.39 is 0 Å². The number of likely N-dealkylation sites (tertiary alicyclic amines) is 1. The number of amides is 1. The van der Waals surface area contributed by atoms with Crippen LogP contribution in [0.5, 0.6) is 0 Å². The number of hydrogen-bond acceptors (Lipinski definition) is 4. The summed E-state index contributed by atoms with van der Waals surface area (Å²) >= 11 is 0. The van der Waals surface area contributed by atoms with Gasteiger partial charge in [-0.1, -0.05) is 12.1 Å². The van der Waals surface area contributed by atoms with Gasteiger partial charge in [0.15, 0.2) is 5.84 Å². The van der Waals surface area contributed by atoms with Gasteiger partial charge in [0.05, 0.1) is 18.1 Å². The second kappa shape index (κ2) is 5.56. The lowest BCUT2D eigenvalue weighted by Gasteiger charge is -2.28. The third-order valence-corrected chi connectivity index (χ3v) is 3.92. The largest absolute Gasteiger partial charge is 0.409 e. The molecule has 2 aliphatic heterocycles. The molecule has 0 saturated carbocycles. The number of hydrogen-bond donors (Lipinski definition) is 2. The summed E-state index contributed by atoms with van der Waals surface area (Å²) in [7, 11) is 0. The summed E-state index contributed by atoms with van der Waals surface area (Å²) in [6.07, 6.45) is 3.31. The topological polar surface area (TPSA) is 88.2 Å². The Kier molecular flexibility index (Phi) is 4.06. The normalized spacial score (nSPS) is 33.1. The molecule has 18 heavy (non-hydrogen) atoms. The minimum Gasteiger partial charge on any atom is -0.409 e. The maximum atomic E-state index is 12.5. The van der Waals surface area contributed by atoms with Crippen LogP contribution in [0.3, 0.4) is 0 Å². The van der Waals surface area contributed by atoms with Crippen LogP contribution in [-0.2, 0) is 9.53 Å². The molecule has 0 aliphatic carbocycles. The van der Waals surface area contributed by atoms with Crippen molar-refractivity contribution in [1.29, 1.82) is 0 Å². The van der Waals surface area contributed by atoms with E-state index in [0.29, 0.717) is 13.2 Å². The number of rotatable bonds is 3. The van der Waals surface area contributed by atoms with E-state index in [1.54, 1.807) is 4.90 Å². The highest BCUT2D eigenvalue weighted by atomic mass is 16.5. The molecule has 102 valence electrons. The predicted octanol–water partition coefficient (Wildman–Crippen LogP) is 0.539. The molecule has 2 fully saturated rings. The standard InChI is InChI=1S/C12H21N3O3/c1-2-10-8(5-7-18-10)12(16)15-6-3-4-9(15)11(13)14-17/h8-10,17H,2-7H2,1H3,(H2,13,14). The third-order valence-electron chi connectivity index (χ3n) is 3.92. The van der Waals surface area contributed by atoms with Gasteiger partial charge in [-0.05, 0) is 25.7 Å². The molecule has 2 saturated heterocycles. The smallest absolute Gasteiger partial charge is 0.229 e. The zero-order chi connectivity index (χ0) is 13.1. The van der Waals surface area contributed by atoms with Gasteiger partial charge in [0.25, 0.3) is 0 Å². The fourth-order valence-electron chi connectivity index (χ4n) is 2.95. The second-order valence-corrected chi connectivity index (χ2v) is 4.93. The van der Waals surface area contributed by atoms with Crippen molar-refractivity contribution in [2.24, 2.45) is 16.8 Å². The molecule has 6 heteroatoms. The average molecular weight is 255 g/mol. The summed E-state index contributed by atoms with van der Waals surface area (Å²) in [4.78, 5) is 14.2. The minimum atomic E-state index is -0.249. The van der Waals surface area contributed by atoms with Crippen LogP contribution < -0.4 is 5.73 Å². The number of ether oxygens (including phenoxy) is 1. The van der Waals surface area contributed by atoms with Crippen molar-refractivity contribution in [1.82, 2.24) is 4.90 Å². The van der Waals surface area contributed by atoms with Crippen LogP contribution in [0.25, 0.3) is 0 Å². The lowest BCUT2D eigenvalue weighted by Crippen LogP contribution is -2.47. The molecule has 2 heterocycles. The lowest BCUT2D eigenvalue weighted by molar-refractivity contribution is -0.137. The Hall–Kier alpha value is -1.30. The van der Waals surface area contributed by atoms with Crippen LogP contribution in [-0.4, -0.2) is 47.1 Å². The maximum Gasteiger partial charge on any atom is 0.229 e. The zero-order valence-corrected chi connectivity index (χ0v) is 10.7. The summed E-state index contributed by atoms with van der Waals surface area (Å²) in [5, 5.41) is 11.8. The molecule has 0 bridgehead atoms. The van der Waals surface area contributed by atoms with Gasteiger partial charge in [-0.25, -0.2) is 0 Å². The Morgan fingerprint density at radius 2 is 2.33 bits per heavy atom. The van der Waals surface area contributed by atoms with E-state index in [1.807, 2.05) is 6.92 Å². The Labute approximate surface area is 107 Å². The summed E-state index contributed by atoms with van der Waals surface area (Å²) in [6, 6.07) is -0.249. The van der Waals surface area contributed by atoms with Crippen molar-refractivity contribution in [2.45, 2.75) is 44.8 Å². The number of nitrogens with zero attached hydrogens (tertiary/aromatic N) is 2. The molecule has 3 unspecified atom stereocenters. The van der Waals surface area contributed by atoms with Gasteiger partial charge in [-0.15, -0.1) is 0 Å². The van der Waals surface area contributed by atoms with Gasteiger partial charge < -0.3 is 20.6 Å². The van der Waals surface area contributed by atoms with Crippen LogP contribution in [0.15, 0.2) is 5.16 Å². The van der Waals surface area contributed by atoms with Crippen molar-refractivity contribution in [3.8, 4) is 0 Å². The van der Waals surface area contributed by atoms with Gasteiger partial charge in [0.1, 0.15) is 0 Å². The molecule has 0 aromatic rings. The van der Waals surface area contributed by atoms with Crippen LogP contribution in [0.2, 0.25) is 0 Å². The molecule has 3 atom stereocenters. The molecule has 0 radical (unpaired) electrons. The third kappa shape index (κ3) is 2.29. The van der Waals surface area contributed by atoms with E-state index in [9.17, 15) is 4.79 Å². The van der Waals surface area contributed by atoms with Crippen molar-refractivity contribution >= 4 is 11.7 Å². The molecule has 2 aliphatic rings. The molecule has 3 N–H and O–H groups in total. The first-order valence-electron chi connectivity index (χ1n) is 6.58. The Balaban J connectivity index is 2.08. The van der Waals surface area contributed by atoms with Crippen LogP contribution in [0.1, 0.15) is 32.6 Å². The average Bonchev–Trinajstić information content (AvgIpc) is 3.04. The number of oxime groups is 1. The van der Waals surface area contributed by atoms with Crippen LogP contribution >= 0.6 is 0 Å². The molecule has 6 nitrogen and oxygen atoms in total. The highest BCUT2D eigenvalue weighted by molar-refractivity contribution is 5.91. The van der Waals surface area contributed by atoms with Gasteiger partial charge in [0, 0.05) is 13.2 Å². The summed E-state index contributed by atoms with van der Waals surface area (Å²) in [6.45, 7) is 3.37. The van der Waals surface area contributed by atoms with Gasteiger partial charge in [-0.2, -0.15) is 0 Å². The fraction of sp³-hybridized carbons (Fsp3) is 0.833. The summed E-state index contributed by atoms with van der Waals surface area (Å²) in [5.74, 6) is 0.156. The Bertz CT molecular complexity index is 345. The molecule has 0 spiro atoms. The van der Waals surface area contributed by atoms with Crippen molar-refractivity contribution in [2.75, 3.05) is 13.2 Å². The van der Waals surface area contributed by atoms with E-state index in [0.717, 1.165) is 25.7 Å². The fourth-order valence-corrected chi connectivity index (χ4v) is 2.95. The van der Waals surface area contributed by atoms with E-state index in [-0.39, 0.29) is 29.8 Å². The van der Waals surface area contributed by atoms with E-state index in [4.69, 9.17) is 15.7 Å². The molecule has 0 aromatic heterocycles. The number of carbonyl (C=O) groups is 1. The van der Waals surface area contributed by atoms with E-state index in [2.05, 4.69) is 5.16 Å². The van der Waals surface area contributed by atoms with Crippen molar-refractivity contribution in [3.05, 3.63) is 0 Å². The quantitative estimate of drug-likeness (QED) is 0.333. The Morgan fingerprint density at radius 3 is 3.00 bits per heavy atom. The summed E-state index contributed by atoms with van der Waals surface area (Å²) in [5.41, 5.74) is 5.65. The zero-order valence-electron chi connectivity index (χ0n) is 10.7. The predicted molar refractivity (Wildman–Crippen MR) is 66.3 cm³/mol. The van der Waals surface area contributed by atoms with E-state index >= 15 is 0 Å². The number of amidine groups is 1. The molecule has 0 aromatic carbocycles. The SMILES string of the molecule is CCC1OCCC1C(=O)N1CCCC1C(N)=NO. The van der Waals surface area contributed by atoms with Crippen molar-refractivity contribution < 1.29 is 14.7 Å². The first-order valence-corrected chi connectivity index (χ1v) is 6.58. The first kappa shape index (κ1) is 13.1.